The number of benzene rings is 1. The lowest BCUT2D eigenvalue weighted by Crippen LogP contribution is -2.49. The van der Waals surface area contributed by atoms with E-state index in [2.05, 4.69) is 39.2 Å². The van der Waals surface area contributed by atoms with Gasteiger partial charge in [0.15, 0.2) is 0 Å². The average molecular weight is 489 g/mol. The second-order valence-corrected chi connectivity index (χ2v) is 10.5. The summed E-state index contributed by atoms with van der Waals surface area (Å²) in [6.45, 7) is 7.89. The standard InChI is InChI=1S/C29H40N6O/c1-23-9-11-24(12-10-23)28(36)34-20-14-26(15-21-34)35-19-7-4-8-25(22-35)31-29-30-16-13-27(32-29)33-17-5-2-3-6-18-33/h2-3,9-13,16,25-26H,4-8,14-15,17-22H2,1H3,(H,30,31,32). The Balaban J connectivity index is 1.16. The molecule has 1 N–H and O–H groups in total. The van der Waals surface area contributed by atoms with Crippen LogP contribution < -0.4 is 10.2 Å². The number of carbonyl (C=O) groups is 1. The molecule has 1 atom stereocenters. The Morgan fingerprint density at radius 2 is 1.67 bits per heavy atom. The molecule has 4 heterocycles. The van der Waals surface area contributed by atoms with Gasteiger partial charge in [0, 0.05) is 56.6 Å². The minimum Gasteiger partial charge on any atom is -0.356 e. The third kappa shape index (κ3) is 6.25. The van der Waals surface area contributed by atoms with Gasteiger partial charge < -0.3 is 15.1 Å². The third-order valence-electron chi connectivity index (χ3n) is 7.87. The molecule has 1 amide bonds. The second-order valence-electron chi connectivity index (χ2n) is 10.5. The summed E-state index contributed by atoms with van der Waals surface area (Å²) in [4.78, 5) is 29.4. The average Bonchev–Trinajstić information content (AvgIpc) is 3.33. The van der Waals surface area contributed by atoms with E-state index >= 15 is 0 Å². The number of amides is 1. The normalized spacial score (nSPS) is 22.2. The molecular formula is C29H40N6O. The lowest BCUT2D eigenvalue weighted by Gasteiger charge is -2.39. The van der Waals surface area contributed by atoms with E-state index in [4.69, 9.17) is 4.98 Å². The van der Waals surface area contributed by atoms with Crippen LogP contribution in [0.1, 0.15) is 60.9 Å². The van der Waals surface area contributed by atoms with E-state index < -0.39 is 0 Å². The van der Waals surface area contributed by atoms with Gasteiger partial charge in [-0.1, -0.05) is 36.3 Å². The van der Waals surface area contributed by atoms with Crippen LogP contribution in [0, 0.1) is 6.92 Å². The van der Waals surface area contributed by atoms with Crippen molar-refractivity contribution in [2.24, 2.45) is 0 Å². The topological polar surface area (TPSA) is 64.6 Å². The Morgan fingerprint density at radius 1 is 0.917 bits per heavy atom. The quantitative estimate of drug-likeness (QED) is 0.625. The number of likely N-dealkylation sites (tertiary alicyclic amines) is 2. The zero-order valence-electron chi connectivity index (χ0n) is 21.6. The molecule has 192 valence electrons. The molecule has 36 heavy (non-hydrogen) atoms. The van der Waals surface area contributed by atoms with Gasteiger partial charge >= 0.3 is 0 Å². The van der Waals surface area contributed by atoms with Crippen LogP contribution in [0.4, 0.5) is 11.8 Å². The van der Waals surface area contributed by atoms with Gasteiger partial charge in [-0.15, -0.1) is 0 Å². The molecule has 2 saturated heterocycles. The van der Waals surface area contributed by atoms with E-state index in [1.807, 2.05) is 41.4 Å². The van der Waals surface area contributed by atoms with Crippen LogP contribution >= 0.6 is 0 Å². The van der Waals surface area contributed by atoms with Crippen molar-refractivity contribution in [3.05, 3.63) is 59.8 Å². The number of aromatic nitrogens is 2. The summed E-state index contributed by atoms with van der Waals surface area (Å²) in [6.07, 6.45) is 14.2. The summed E-state index contributed by atoms with van der Waals surface area (Å²) in [6, 6.07) is 10.9. The molecule has 5 rings (SSSR count). The molecule has 3 aliphatic rings. The van der Waals surface area contributed by atoms with Crippen LogP contribution in [-0.4, -0.2) is 77.0 Å². The van der Waals surface area contributed by atoms with Gasteiger partial charge in [-0.25, -0.2) is 4.98 Å². The molecule has 1 unspecified atom stereocenters. The molecule has 2 fully saturated rings. The monoisotopic (exact) mass is 488 g/mol. The number of aryl methyl sites for hydroxylation is 1. The highest BCUT2D eigenvalue weighted by atomic mass is 16.2. The van der Waals surface area contributed by atoms with Gasteiger partial charge in [-0.3, -0.25) is 9.69 Å². The molecule has 0 aliphatic carbocycles. The van der Waals surface area contributed by atoms with E-state index in [-0.39, 0.29) is 5.91 Å². The molecule has 1 aromatic carbocycles. The molecule has 7 nitrogen and oxygen atoms in total. The Bertz CT molecular complexity index is 1020. The summed E-state index contributed by atoms with van der Waals surface area (Å²) in [5, 5.41) is 3.67. The fraction of sp³-hybridized carbons (Fsp3) is 0.552. The van der Waals surface area contributed by atoms with Crippen molar-refractivity contribution in [2.45, 2.75) is 64.0 Å². The fourth-order valence-corrected chi connectivity index (χ4v) is 5.75. The number of carbonyl (C=O) groups excluding carboxylic acids is 1. The van der Waals surface area contributed by atoms with E-state index in [1.165, 1.54) is 18.4 Å². The van der Waals surface area contributed by atoms with Crippen molar-refractivity contribution in [1.29, 1.82) is 0 Å². The molecule has 0 radical (unpaired) electrons. The molecule has 0 saturated carbocycles. The predicted octanol–water partition coefficient (Wildman–Crippen LogP) is 4.51. The van der Waals surface area contributed by atoms with Crippen LogP contribution in [0.25, 0.3) is 0 Å². The highest BCUT2D eigenvalue weighted by Gasteiger charge is 2.30. The number of nitrogens with one attached hydrogen (secondary N) is 1. The number of nitrogens with zero attached hydrogens (tertiary/aromatic N) is 5. The number of piperidine rings is 1. The maximum atomic E-state index is 12.9. The van der Waals surface area contributed by atoms with Gasteiger partial charge in [0.25, 0.3) is 5.91 Å². The zero-order chi connectivity index (χ0) is 24.7. The number of hydrogen-bond acceptors (Lipinski definition) is 6. The van der Waals surface area contributed by atoms with Crippen molar-refractivity contribution in [3.63, 3.8) is 0 Å². The Labute approximate surface area is 215 Å². The van der Waals surface area contributed by atoms with Crippen LogP contribution in [0.5, 0.6) is 0 Å². The van der Waals surface area contributed by atoms with Crippen molar-refractivity contribution in [1.82, 2.24) is 19.8 Å². The van der Waals surface area contributed by atoms with Crippen LogP contribution in [0.2, 0.25) is 0 Å². The maximum Gasteiger partial charge on any atom is 0.253 e. The van der Waals surface area contributed by atoms with Crippen LogP contribution in [-0.2, 0) is 0 Å². The summed E-state index contributed by atoms with van der Waals surface area (Å²) in [5.41, 5.74) is 1.99. The van der Waals surface area contributed by atoms with Crippen molar-refractivity contribution in [2.75, 3.05) is 49.5 Å². The first-order valence-electron chi connectivity index (χ1n) is 13.8. The first-order valence-corrected chi connectivity index (χ1v) is 13.8. The predicted molar refractivity (Wildman–Crippen MR) is 146 cm³/mol. The van der Waals surface area contributed by atoms with Gasteiger partial charge in [0.05, 0.1) is 0 Å². The molecule has 0 spiro atoms. The van der Waals surface area contributed by atoms with E-state index in [9.17, 15) is 4.79 Å². The molecule has 0 bridgehead atoms. The highest BCUT2D eigenvalue weighted by molar-refractivity contribution is 5.94. The minimum atomic E-state index is 0.168. The summed E-state index contributed by atoms with van der Waals surface area (Å²) >= 11 is 0. The first-order chi connectivity index (χ1) is 17.7. The fourth-order valence-electron chi connectivity index (χ4n) is 5.75. The van der Waals surface area contributed by atoms with Gasteiger partial charge in [-0.2, -0.15) is 4.98 Å². The van der Waals surface area contributed by atoms with Gasteiger partial charge in [0.2, 0.25) is 5.95 Å². The van der Waals surface area contributed by atoms with Gasteiger partial charge in [0.1, 0.15) is 5.82 Å². The summed E-state index contributed by atoms with van der Waals surface area (Å²) in [7, 11) is 0. The van der Waals surface area contributed by atoms with Gasteiger partial charge in [-0.05, 0) is 70.2 Å². The maximum absolute atomic E-state index is 12.9. The SMILES string of the molecule is Cc1ccc(C(=O)N2CCC(N3CCCCC(Nc4nccc(N5CCC=CCC5)n4)C3)CC2)cc1. The smallest absolute Gasteiger partial charge is 0.253 e. The highest BCUT2D eigenvalue weighted by Crippen LogP contribution is 2.24. The minimum absolute atomic E-state index is 0.168. The van der Waals surface area contributed by atoms with E-state index in [0.717, 1.165) is 88.7 Å². The summed E-state index contributed by atoms with van der Waals surface area (Å²) < 4.78 is 0. The Hall–Kier alpha value is -2.93. The first kappa shape index (κ1) is 24.8. The van der Waals surface area contributed by atoms with E-state index in [1.54, 1.807) is 0 Å². The summed E-state index contributed by atoms with van der Waals surface area (Å²) in [5.74, 6) is 1.93. The molecule has 3 aliphatic heterocycles. The lowest BCUT2D eigenvalue weighted by molar-refractivity contribution is 0.0620. The third-order valence-corrected chi connectivity index (χ3v) is 7.87. The largest absolute Gasteiger partial charge is 0.356 e. The van der Waals surface area contributed by atoms with Crippen LogP contribution in [0.3, 0.4) is 0 Å². The lowest BCUT2D eigenvalue weighted by atomic mass is 10.0. The second kappa shape index (κ2) is 11.9. The Morgan fingerprint density at radius 3 is 2.42 bits per heavy atom. The zero-order valence-corrected chi connectivity index (χ0v) is 21.6. The molecule has 7 heteroatoms. The van der Waals surface area contributed by atoms with Crippen molar-refractivity contribution >= 4 is 17.7 Å². The molecular weight excluding hydrogens is 448 g/mol. The van der Waals surface area contributed by atoms with E-state index in [0.29, 0.717) is 12.1 Å². The van der Waals surface area contributed by atoms with Crippen molar-refractivity contribution < 1.29 is 4.79 Å². The van der Waals surface area contributed by atoms with Crippen molar-refractivity contribution in [3.8, 4) is 0 Å². The Kier molecular flexibility index (Phi) is 8.16. The molecule has 1 aromatic heterocycles. The molecule has 2 aromatic rings. The number of hydrogen-bond donors (Lipinski definition) is 1. The van der Waals surface area contributed by atoms with Crippen LogP contribution in [0.15, 0.2) is 48.7 Å². The number of anilines is 2. The number of rotatable bonds is 5.